The van der Waals surface area contributed by atoms with E-state index in [4.69, 9.17) is 18.9 Å². The normalized spacial score (nSPS) is 10.3. The van der Waals surface area contributed by atoms with Crippen LogP contribution < -0.4 is 14.2 Å². The Kier molecular flexibility index (Phi) is 8.06. The van der Waals surface area contributed by atoms with E-state index < -0.39 is 11.9 Å². The fourth-order valence-electron chi connectivity index (χ4n) is 2.60. The van der Waals surface area contributed by atoms with Gasteiger partial charge in [-0.1, -0.05) is 30.3 Å². The summed E-state index contributed by atoms with van der Waals surface area (Å²) in [7, 11) is 0. The maximum absolute atomic E-state index is 12.2. The second-order valence-electron chi connectivity index (χ2n) is 6.52. The van der Waals surface area contributed by atoms with Crippen molar-refractivity contribution in [1.82, 2.24) is 0 Å². The second kappa shape index (κ2) is 11.2. The van der Waals surface area contributed by atoms with E-state index in [9.17, 15) is 9.59 Å². The van der Waals surface area contributed by atoms with Gasteiger partial charge < -0.3 is 18.9 Å². The Hall–Kier alpha value is -3.32. The Bertz CT molecular complexity index is 1040. The molecular weight excluding hydrogens is 464 g/mol. The first kappa shape index (κ1) is 22.4. The highest BCUT2D eigenvalue weighted by Crippen LogP contribution is 2.25. The predicted molar refractivity (Wildman–Crippen MR) is 119 cm³/mol. The Morgan fingerprint density at radius 1 is 0.839 bits per heavy atom. The van der Waals surface area contributed by atoms with E-state index in [2.05, 4.69) is 15.9 Å². The quantitative estimate of drug-likeness (QED) is 0.242. The standard InChI is InChI=1S/C24H21BrO6/c1-17-10-11-22(21(25)14-17)30-16-23(26)31-20-9-5-6-18(15-20)24(27)29-13-12-28-19-7-3-2-4-8-19/h2-11,14-15H,12-13,16H2,1H3. The fraction of sp³-hybridized carbons (Fsp3) is 0.167. The Balaban J connectivity index is 1.46. The van der Waals surface area contributed by atoms with Gasteiger partial charge in [0.1, 0.15) is 30.5 Å². The number of hydrogen-bond donors (Lipinski definition) is 0. The summed E-state index contributed by atoms with van der Waals surface area (Å²) < 4.78 is 22.2. The molecule has 7 heteroatoms. The summed E-state index contributed by atoms with van der Waals surface area (Å²) in [6, 6.07) is 21.0. The van der Waals surface area contributed by atoms with Crippen molar-refractivity contribution in [1.29, 1.82) is 0 Å². The van der Waals surface area contributed by atoms with Gasteiger partial charge in [-0.2, -0.15) is 0 Å². The van der Waals surface area contributed by atoms with Gasteiger partial charge in [0.2, 0.25) is 0 Å². The van der Waals surface area contributed by atoms with Gasteiger partial charge in [-0.3, -0.25) is 0 Å². The van der Waals surface area contributed by atoms with Crippen molar-refractivity contribution in [2.24, 2.45) is 0 Å². The van der Waals surface area contributed by atoms with Gasteiger partial charge in [0.25, 0.3) is 0 Å². The number of benzene rings is 3. The highest BCUT2D eigenvalue weighted by molar-refractivity contribution is 9.10. The molecule has 0 aliphatic carbocycles. The van der Waals surface area contributed by atoms with Crippen LogP contribution in [0, 0.1) is 6.92 Å². The molecule has 0 atom stereocenters. The van der Waals surface area contributed by atoms with Gasteiger partial charge in [-0.05, 0) is 70.9 Å². The molecule has 0 aromatic heterocycles. The number of aryl methyl sites for hydroxylation is 1. The van der Waals surface area contributed by atoms with Crippen LogP contribution in [-0.4, -0.2) is 31.8 Å². The number of halogens is 1. The number of esters is 2. The summed E-state index contributed by atoms with van der Waals surface area (Å²) in [6.07, 6.45) is 0. The van der Waals surface area contributed by atoms with Crippen LogP contribution in [0.3, 0.4) is 0 Å². The lowest BCUT2D eigenvalue weighted by Gasteiger charge is -2.10. The third-order valence-electron chi connectivity index (χ3n) is 4.06. The van der Waals surface area contributed by atoms with Crippen molar-refractivity contribution in [3.05, 3.63) is 88.4 Å². The number of carbonyl (C=O) groups is 2. The summed E-state index contributed by atoms with van der Waals surface area (Å²) in [5.41, 5.74) is 1.34. The molecule has 0 bridgehead atoms. The average molecular weight is 485 g/mol. The first-order valence-electron chi connectivity index (χ1n) is 9.56. The number of rotatable bonds is 9. The minimum atomic E-state index is -0.589. The van der Waals surface area contributed by atoms with Gasteiger partial charge in [0.15, 0.2) is 6.61 Å². The van der Waals surface area contributed by atoms with Crippen molar-refractivity contribution in [2.75, 3.05) is 19.8 Å². The minimum Gasteiger partial charge on any atom is -0.490 e. The topological polar surface area (TPSA) is 71.1 Å². The average Bonchev–Trinajstić information content (AvgIpc) is 2.77. The van der Waals surface area contributed by atoms with Crippen molar-refractivity contribution in [3.63, 3.8) is 0 Å². The van der Waals surface area contributed by atoms with Gasteiger partial charge in [0.05, 0.1) is 10.0 Å². The van der Waals surface area contributed by atoms with Crippen LogP contribution in [0.2, 0.25) is 0 Å². The zero-order chi connectivity index (χ0) is 22.1. The largest absolute Gasteiger partial charge is 0.490 e. The maximum Gasteiger partial charge on any atom is 0.349 e. The number of carbonyl (C=O) groups excluding carboxylic acids is 2. The van der Waals surface area contributed by atoms with Crippen LogP contribution in [0.5, 0.6) is 17.2 Å². The molecule has 0 aliphatic heterocycles. The third-order valence-corrected chi connectivity index (χ3v) is 4.68. The molecule has 3 rings (SSSR count). The number of hydrogen-bond acceptors (Lipinski definition) is 6. The summed E-state index contributed by atoms with van der Waals surface area (Å²) in [5, 5.41) is 0. The van der Waals surface area contributed by atoms with Gasteiger partial charge >= 0.3 is 11.9 Å². The van der Waals surface area contributed by atoms with Crippen LogP contribution in [0.4, 0.5) is 0 Å². The zero-order valence-corrected chi connectivity index (χ0v) is 18.5. The van der Waals surface area contributed by atoms with E-state index in [1.807, 2.05) is 49.4 Å². The lowest BCUT2D eigenvalue weighted by atomic mass is 10.2. The lowest BCUT2D eigenvalue weighted by Crippen LogP contribution is -2.18. The minimum absolute atomic E-state index is 0.0943. The first-order chi connectivity index (χ1) is 15.0. The van der Waals surface area contributed by atoms with Crippen molar-refractivity contribution in [2.45, 2.75) is 6.92 Å². The predicted octanol–water partition coefficient (Wildman–Crippen LogP) is 4.98. The molecule has 0 aliphatic rings. The van der Waals surface area contributed by atoms with Crippen molar-refractivity contribution in [3.8, 4) is 17.2 Å². The Morgan fingerprint density at radius 3 is 2.39 bits per heavy atom. The lowest BCUT2D eigenvalue weighted by molar-refractivity contribution is -0.136. The van der Waals surface area contributed by atoms with Crippen molar-refractivity contribution < 1.29 is 28.5 Å². The summed E-state index contributed by atoms with van der Waals surface area (Å²) in [4.78, 5) is 24.3. The molecule has 0 fully saturated rings. The van der Waals surface area contributed by atoms with Gasteiger partial charge in [-0.25, -0.2) is 9.59 Å². The molecule has 160 valence electrons. The summed E-state index contributed by atoms with van der Waals surface area (Å²) in [5.74, 6) is 0.347. The van der Waals surface area contributed by atoms with Crippen LogP contribution in [-0.2, 0) is 9.53 Å². The molecule has 0 spiro atoms. The van der Waals surface area contributed by atoms with Crippen LogP contribution in [0.15, 0.2) is 77.3 Å². The number of para-hydroxylation sites is 1. The monoisotopic (exact) mass is 484 g/mol. The van der Waals surface area contributed by atoms with Crippen LogP contribution in [0.1, 0.15) is 15.9 Å². The second-order valence-corrected chi connectivity index (χ2v) is 7.38. The summed E-state index contributed by atoms with van der Waals surface area (Å²) >= 11 is 3.39. The molecular formula is C24H21BrO6. The molecule has 0 radical (unpaired) electrons. The molecule has 31 heavy (non-hydrogen) atoms. The molecule has 0 amide bonds. The van der Waals surface area contributed by atoms with E-state index in [0.29, 0.717) is 11.5 Å². The fourth-order valence-corrected chi connectivity index (χ4v) is 3.21. The van der Waals surface area contributed by atoms with Gasteiger partial charge in [0, 0.05) is 0 Å². The van der Waals surface area contributed by atoms with Gasteiger partial charge in [-0.15, -0.1) is 0 Å². The van der Waals surface area contributed by atoms with E-state index in [1.54, 1.807) is 24.3 Å². The smallest absolute Gasteiger partial charge is 0.349 e. The Labute approximate surface area is 188 Å². The third kappa shape index (κ3) is 7.15. The molecule has 0 N–H and O–H groups in total. The van der Waals surface area contributed by atoms with E-state index in [1.165, 1.54) is 6.07 Å². The first-order valence-corrected chi connectivity index (χ1v) is 10.4. The van der Waals surface area contributed by atoms with Crippen LogP contribution >= 0.6 is 15.9 Å². The zero-order valence-electron chi connectivity index (χ0n) is 16.9. The molecule has 3 aromatic rings. The number of ether oxygens (including phenoxy) is 4. The van der Waals surface area contributed by atoms with Crippen LogP contribution in [0.25, 0.3) is 0 Å². The molecule has 0 saturated heterocycles. The van der Waals surface area contributed by atoms with Crippen molar-refractivity contribution >= 4 is 27.9 Å². The highest BCUT2D eigenvalue weighted by Gasteiger charge is 2.12. The van der Waals surface area contributed by atoms with E-state index in [-0.39, 0.29) is 31.1 Å². The molecule has 0 saturated carbocycles. The highest BCUT2D eigenvalue weighted by atomic mass is 79.9. The molecule has 3 aromatic carbocycles. The van der Waals surface area contributed by atoms with E-state index in [0.717, 1.165) is 10.0 Å². The molecule has 0 unspecified atom stereocenters. The summed E-state index contributed by atoms with van der Waals surface area (Å²) in [6.45, 7) is 2.01. The molecule has 0 heterocycles. The SMILES string of the molecule is Cc1ccc(OCC(=O)Oc2cccc(C(=O)OCCOc3ccccc3)c2)c(Br)c1. The van der Waals surface area contributed by atoms with E-state index >= 15 is 0 Å². The maximum atomic E-state index is 12.2. The Morgan fingerprint density at radius 2 is 1.61 bits per heavy atom. The molecule has 6 nitrogen and oxygen atoms in total.